The van der Waals surface area contributed by atoms with Gasteiger partial charge in [-0.3, -0.25) is 0 Å². The highest BCUT2D eigenvalue weighted by atomic mass is 35.5. The second-order valence-electron chi connectivity index (χ2n) is 3.86. The third-order valence-electron chi connectivity index (χ3n) is 2.27. The second-order valence-corrected chi connectivity index (χ2v) is 6.57. The minimum atomic E-state index is -3.30. The minimum Gasteiger partial charge on any atom is -0.476 e. The van der Waals surface area contributed by atoms with Crippen LogP contribution in [0.3, 0.4) is 0 Å². The number of carbonyl (C=O) groups is 1. The summed E-state index contributed by atoms with van der Waals surface area (Å²) in [5.41, 5.74) is -0.276. The number of aromatic carboxylic acids is 1. The molecule has 0 aliphatic rings. The van der Waals surface area contributed by atoms with Gasteiger partial charge in [-0.05, 0) is 12.1 Å². The number of nitrogens with one attached hydrogen (secondary N) is 1. The molecule has 7 nitrogen and oxygen atoms in total. The highest BCUT2D eigenvalue weighted by Crippen LogP contribution is 2.16. The predicted molar refractivity (Wildman–Crippen MR) is 72.2 cm³/mol. The lowest BCUT2D eigenvalue weighted by Gasteiger charge is -2.12. The molecule has 0 atom stereocenters. The van der Waals surface area contributed by atoms with Gasteiger partial charge in [-0.2, -0.15) is 0 Å². The lowest BCUT2D eigenvalue weighted by molar-refractivity contribution is 0.0691. The Balaban J connectivity index is 2.70. The molecule has 0 aliphatic carbocycles. The van der Waals surface area contributed by atoms with Crippen LogP contribution in [0, 0.1) is 0 Å². The molecule has 9 heteroatoms. The van der Waals surface area contributed by atoms with Gasteiger partial charge in [0.05, 0.1) is 10.8 Å². The Labute approximate surface area is 116 Å². The largest absolute Gasteiger partial charge is 0.476 e. The third kappa shape index (κ3) is 4.34. The van der Waals surface area contributed by atoms with E-state index in [1.165, 1.54) is 26.2 Å². The van der Waals surface area contributed by atoms with Crippen LogP contribution in [0.1, 0.15) is 10.5 Å². The lowest BCUT2D eigenvalue weighted by Crippen LogP contribution is -2.28. The van der Waals surface area contributed by atoms with Gasteiger partial charge in [-0.25, -0.2) is 22.5 Å². The average molecular weight is 308 g/mol. The Kier molecular flexibility index (Phi) is 5.10. The van der Waals surface area contributed by atoms with Gasteiger partial charge in [0.15, 0.2) is 5.69 Å². The first kappa shape index (κ1) is 15.7. The number of hydrogen-bond donors (Lipinski definition) is 2. The zero-order valence-electron chi connectivity index (χ0n) is 10.4. The van der Waals surface area contributed by atoms with Gasteiger partial charge in [0.2, 0.25) is 10.0 Å². The van der Waals surface area contributed by atoms with Crippen LogP contribution in [-0.4, -0.2) is 55.2 Å². The van der Waals surface area contributed by atoms with E-state index in [1.54, 1.807) is 0 Å². The van der Waals surface area contributed by atoms with Crippen molar-refractivity contribution in [3.05, 3.63) is 22.8 Å². The molecule has 0 spiro atoms. The Morgan fingerprint density at radius 3 is 2.63 bits per heavy atom. The summed E-state index contributed by atoms with van der Waals surface area (Å²) in [6, 6.07) is 2.87. The number of aromatic nitrogens is 1. The molecule has 19 heavy (non-hydrogen) atoms. The minimum absolute atomic E-state index is 0.0268. The molecule has 0 saturated heterocycles. The van der Waals surface area contributed by atoms with Crippen molar-refractivity contribution in [2.75, 3.05) is 31.7 Å². The van der Waals surface area contributed by atoms with Gasteiger partial charge < -0.3 is 10.4 Å². The van der Waals surface area contributed by atoms with Crippen LogP contribution in [0.25, 0.3) is 0 Å². The van der Waals surface area contributed by atoms with Gasteiger partial charge in [-0.1, -0.05) is 11.6 Å². The van der Waals surface area contributed by atoms with E-state index in [2.05, 4.69) is 10.3 Å². The Morgan fingerprint density at radius 1 is 1.47 bits per heavy atom. The van der Waals surface area contributed by atoms with Gasteiger partial charge in [0.1, 0.15) is 5.82 Å². The fourth-order valence-electron chi connectivity index (χ4n) is 1.18. The summed E-state index contributed by atoms with van der Waals surface area (Å²) in [6.07, 6.45) is 0. The summed E-state index contributed by atoms with van der Waals surface area (Å²) in [4.78, 5) is 14.6. The molecule has 0 unspecified atom stereocenters. The smallest absolute Gasteiger partial charge is 0.356 e. The van der Waals surface area contributed by atoms with E-state index in [-0.39, 0.29) is 28.8 Å². The molecule has 1 aromatic heterocycles. The molecule has 0 saturated carbocycles. The highest BCUT2D eigenvalue weighted by Gasteiger charge is 2.14. The van der Waals surface area contributed by atoms with E-state index in [1.807, 2.05) is 0 Å². The third-order valence-corrected chi connectivity index (χ3v) is 4.41. The van der Waals surface area contributed by atoms with Crippen molar-refractivity contribution in [1.82, 2.24) is 9.29 Å². The summed E-state index contributed by atoms with van der Waals surface area (Å²) in [5.74, 6) is -1.10. The van der Waals surface area contributed by atoms with Crippen LogP contribution < -0.4 is 5.32 Å². The molecule has 0 bridgehead atoms. The van der Waals surface area contributed by atoms with Crippen molar-refractivity contribution >= 4 is 33.4 Å². The maximum absolute atomic E-state index is 11.5. The molecule has 1 aromatic rings. The predicted octanol–water partition coefficient (Wildman–Crippen LogP) is 0.736. The van der Waals surface area contributed by atoms with E-state index in [0.717, 1.165) is 4.31 Å². The van der Waals surface area contributed by atoms with Crippen molar-refractivity contribution in [3.63, 3.8) is 0 Å². The van der Waals surface area contributed by atoms with Crippen molar-refractivity contribution in [2.24, 2.45) is 0 Å². The molecule has 1 heterocycles. The SMILES string of the molecule is CN(C)S(=O)(=O)CCNc1ccc(Cl)c(C(=O)O)n1. The number of anilines is 1. The standard InChI is InChI=1S/C10H14ClN3O4S/c1-14(2)19(17,18)6-5-12-8-4-3-7(11)9(13-8)10(15)16/h3-4H,5-6H2,1-2H3,(H,12,13)(H,15,16). The number of nitrogens with zero attached hydrogens (tertiary/aromatic N) is 2. The average Bonchev–Trinajstić information content (AvgIpc) is 2.30. The molecule has 0 fully saturated rings. The van der Waals surface area contributed by atoms with Crippen LogP contribution in [0.2, 0.25) is 5.02 Å². The Bertz CT molecular complexity index is 574. The Morgan fingerprint density at radius 2 is 2.11 bits per heavy atom. The van der Waals surface area contributed by atoms with Crippen LogP contribution >= 0.6 is 11.6 Å². The first-order valence-electron chi connectivity index (χ1n) is 5.28. The first-order chi connectivity index (χ1) is 8.74. The molecule has 0 amide bonds. The molecule has 106 valence electrons. The maximum Gasteiger partial charge on any atom is 0.356 e. The molecular formula is C10H14ClN3O4S. The van der Waals surface area contributed by atoms with E-state index < -0.39 is 16.0 Å². The van der Waals surface area contributed by atoms with Crippen LogP contribution in [0.4, 0.5) is 5.82 Å². The molecule has 0 aliphatic heterocycles. The monoisotopic (exact) mass is 307 g/mol. The van der Waals surface area contributed by atoms with E-state index >= 15 is 0 Å². The fraction of sp³-hybridized carbons (Fsp3) is 0.400. The summed E-state index contributed by atoms with van der Waals surface area (Å²) in [5, 5.41) is 11.6. The summed E-state index contributed by atoms with van der Waals surface area (Å²) < 4.78 is 24.1. The number of pyridine rings is 1. The molecule has 2 N–H and O–H groups in total. The highest BCUT2D eigenvalue weighted by molar-refractivity contribution is 7.89. The van der Waals surface area contributed by atoms with Gasteiger partial charge in [0, 0.05) is 20.6 Å². The normalized spacial score (nSPS) is 11.6. The number of rotatable bonds is 6. The molecule has 0 radical (unpaired) electrons. The van der Waals surface area contributed by atoms with Crippen molar-refractivity contribution in [2.45, 2.75) is 0 Å². The van der Waals surface area contributed by atoms with Crippen LogP contribution in [0.5, 0.6) is 0 Å². The topological polar surface area (TPSA) is 99.6 Å². The lowest BCUT2D eigenvalue weighted by atomic mass is 10.3. The van der Waals surface area contributed by atoms with Crippen molar-refractivity contribution < 1.29 is 18.3 Å². The number of halogens is 1. The number of hydrogen-bond acceptors (Lipinski definition) is 5. The zero-order valence-corrected chi connectivity index (χ0v) is 12.0. The number of carboxylic acid groups (broad SMARTS) is 1. The summed E-state index contributed by atoms with van der Waals surface area (Å²) >= 11 is 5.67. The summed E-state index contributed by atoms with van der Waals surface area (Å²) in [6.45, 7) is 0.119. The van der Waals surface area contributed by atoms with Crippen molar-refractivity contribution in [1.29, 1.82) is 0 Å². The van der Waals surface area contributed by atoms with E-state index in [9.17, 15) is 13.2 Å². The number of carboxylic acids is 1. The van der Waals surface area contributed by atoms with Crippen molar-refractivity contribution in [3.8, 4) is 0 Å². The summed E-state index contributed by atoms with van der Waals surface area (Å²) in [7, 11) is -0.417. The van der Waals surface area contributed by atoms with Crippen LogP contribution in [0.15, 0.2) is 12.1 Å². The van der Waals surface area contributed by atoms with Crippen LogP contribution in [-0.2, 0) is 10.0 Å². The quantitative estimate of drug-likeness (QED) is 0.804. The fourth-order valence-corrected chi connectivity index (χ4v) is 2.09. The maximum atomic E-state index is 11.5. The van der Waals surface area contributed by atoms with Gasteiger partial charge >= 0.3 is 5.97 Å². The van der Waals surface area contributed by atoms with Gasteiger partial charge in [-0.15, -0.1) is 0 Å². The Hall–Kier alpha value is -1.38. The molecule has 1 rings (SSSR count). The first-order valence-corrected chi connectivity index (χ1v) is 7.26. The number of sulfonamides is 1. The van der Waals surface area contributed by atoms with E-state index in [4.69, 9.17) is 16.7 Å². The van der Waals surface area contributed by atoms with Gasteiger partial charge in [0.25, 0.3) is 0 Å². The zero-order chi connectivity index (χ0) is 14.6. The van der Waals surface area contributed by atoms with E-state index in [0.29, 0.717) is 0 Å². The molecular weight excluding hydrogens is 294 g/mol. The molecule has 0 aromatic carbocycles. The second kappa shape index (κ2) is 6.18.